The van der Waals surface area contributed by atoms with Gasteiger partial charge in [0.25, 0.3) is 0 Å². The van der Waals surface area contributed by atoms with Crippen LogP contribution in [0.1, 0.15) is 11.3 Å². The summed E-state index contributed by atoms with van der Waals surface area (Å²) < 4.78 is 12.7. The van der Waals surface area contributed by atoms with E-state index in [2.05, 4.69) is 5.32 Å². The van der Waals surface area contributed by atoms with Crippen LogP contribution in [0.2, 0.25) is 5.02 Å². The molecule has 31 heavy (non-hydrogen) atoms. The number of fused-ring (bicyclic) bond motifs is 1. The molecule has 0 aliphatic heterocycles. The molecule has 1 amide bonds. The van der Waals surface area contributed by atoms with E-state index in [0.717, 1.165) is 33.9 Å². The molecule has 0 saturated carbocycles. The lowest BCUT2D eigenvalue weighted by Crippen LogP contribution is -2.27. The van der Waals surface area contributed by atoms with Crippen molar-refractivity contribution >= 4 is 33.8 Å². The molecule has 4 rings (SSSR count). The number of amides is 1. The van der Waals surface area contributed by atoms with E-state index in [9.17, 15) is 4.79 Å². The molecule has 0 radical (unpaired) electrons. The normalized spacial score (nSPS) is 10.9. The van der Waals surface area contributed by atoms with Crippen LogP contribution in [0.4, 0.5) is 0 Å². The summed E-state index contributed by atoms with van der Waals surface area (Å²) in [5.74, 6) is 1.30. The Morgan fingerprint density at radius 3 is 2.65 bits per heavy atom. The first kappa shape index (κ1) is 21.2. The Bertz CT molecular complexity index is 1200. The van der Waals surface area contributed by atoms with Crippen molar-refractivity contribution in [2.45, 2.75) is 12.8 Å². The van der Waals surface area contributed by atoms with E-state index in [1.165, 1.54) is 11.3 Å². The predicted octanol–water partition coefficient (Wildman–Crippen LogP) is 4.63. The third-order valence-electron chi connectivity index (χ3n) is 4.95. The van der Waals surface area contributed by atoms with Gasteiger partial charge in [0.2, 0.25) is 5.91 Å². The number of halogens is 1. The molecule has 8 heteroatoms. The summed E-state index contributed by atoms with van der Waals surface area (Å²) in [5.41, 5.74) is 3.78. The SMILES string of the molecule is COc1ccc(-c2cn3c(CC(=O)NCCc4ccc(Cl)cc4)csc3n2)cc1OC. The topological polar surface area (TPSA) is 64.9 Å². The second-order valence-electron chi connectivity index (χ2n) is 6.98. The summed E-state index contributed by atoms with van der Waals surface area (Å²) in [6.07, 6.45) is 3.00. The van der Waals surface area contributed by atoms with Crippen LogP contribution in [0.15, 0.2) is 54.0 Å². The molecule has 6 nitrogen and oxygen atoms in total. The summed E-state index contributed by atoms with van der Waals surface area (Å²) in [6, 6.07) is 13.4. The standard InChI is InChI=1S/C23H22ClN3O3S/c1-29-20-8-5-16(11-21(20)30-2)19-13-27-18(14-31-23(27)26-19)12-22(28)25-10-9-15-3-6-17(24)7-4-15/h3-8,11,13-14H,9-10,12H2,1-2H3,(H,25,28). The molecule has 0 aliphatic carbocycles. The van der Waals surface area contributed by atoms with Crippen LogP contribution < -0.4 is 14.8 Å². The Kier molecular flexibility index (Phi) is 6.44. The lowest BCUT2D eigenvalue weighted by Gasteiger charge is -2.08. The first-order valence-corrected chi connectivity index (χ1v) is 11.0. The highest BCUT2D eigenvalue weighted by molar-refractivity contribution is 7.15. The number of benzene rings is 2. The van der Waals surface area contributed by atoms with Gasteiger partial charge in [-0.25, -0.2) is 4.98 Å². The average molecular weight is 456 g/mol. The van der Waals surface area contributed by atoms with Gasteiger partial charge in [-0.3, -0.25) is 9.20 Å². The molecule has 0 atom stereocenters. The first-order valence-electron chi connectivity index (χ1n) is 9.76. The Hall–Kier alpha value is -3.03. The van der Waals surface area contributed by atoms with Crippen molar-refractivity contribution in [3.05, 3.63) is 70.3 Å². The molecule has 0 fully saturated rings. The van der Waals surface area contributed by atoms with Gasteiger partial charge >= 0.3 is 0 Å². The molecule has 2 aromatic heterocycles. The zero-order chi connectivity index (χ0) is 21.8. The van der Waals surface area contributed by atoms with E-state index in [1.54, 1.807) is 14.2 Å². The molecule has 1 N–H and O–H groups in total. The summed E-state index contributed by atoms with van der Waals surface area (Å²) in [4.78, 5) is 18.0. The number of imidazole rings is 1. The van der Waals surface area contributed by atoms with Crippen molar-refractivity contribution < 1.29 is 14.3 Å². The number of methoxy groups -OCH3 is 2. The fourth-order valence-corrected chi connectivity index (χ4v) is 4.31. The van der Waals surface area contributed by atoms with Crippen LogP contribution in [0.5, 0.6) is 11.5 Å². The number of carbonyl (C=O) groups excluding carboxylic acids is 1. The van der Waals surface area contributed by atoms with Gasteiger partial charge in [0.05, 0.1) is 26.3 Å². The molecule has 4 aromatic rings. The zero-order valence-corrected chi connectivity index (χ0v) is 18.8. The van der Waals surface area contributed by atoms with Gasteiger partial charge < -0.3 is 14.8 Å². The monoisotopic (exact) mass is 455 g/mol. The minimum absolute atomic E-state index is 0.0185. The molecule has 2 heterocycles. The van der Waals surface area contributed by atoms with Crippen LogP contribution in [0, 0.1) is 0 Å². The van der Waals surface area contributed by atoms with Gasteiger partial charge in [-0.15, -0.1) is 11.3 Å². The smallest absolute Gasteiger partial charge is 0.225 e. The molecule has 0 spiro atoms. The lowest BCUT2D eigenvalue weighted by molar-refractivity contribution is -0.120. The van der Waals surface area contributed by atoms with Gasteiger partial charge in [0.1, 0.15) is 0 Å². The largest absolute Gasteiger partial charge is 0.493 e. The van der Waals surface area contributed by atoms with Crippen LogP contribution in [-0.2, 0) is 17.6 Å². The minimum atomic E-state index is -0.0185. The molecule has 0 aliphatic rings. The maximum absolute atomic E-state index is 12.4. The Morgan fingerprint density at radius 2 is 1.90 bits per heavy atom. The van der Waals surface area contributed by atoms with Crippen LogP contribution in [0.3, 0.4) is 0 Å². The molecule has 160 valence electrons. The molecular weight excluding hydrogens is 434 g/mol. The number of thiazole rings is 1. The van der Waals surface area contributed by atoms with E-state index in [4.69, 9.17) is 26.1 Å². The van der Waals surface area contributed by atoms with Crippen molar-refractivity contribution in [1.29, 1.82) is 0 Å². The third-order valence-corrected chi connectivity index (χ3v) is 6.09. The Morgan fingerprint density at radius 1 is 1.13 bits per heavy atom. The van der Waals surface area contributed by atoms with Gasteiger partial charge in [0.15, 0.2) is 16.5 Å². The average Bonchev–Trinajstić information content (AvgIpc) is 3.36. The van der Waals surface area contributed by atoms with Crippen molar-refractivity contribution in [2.75, 3.05) is 20.8 Å². The summed E-state index contributed by atoms with van der Waals surface area (Å²) in [7, 11) is 3.22. The van der Waals surface area contributed by atoms with Crippen molar-refractivity contribution in [1.82, 2.24) is 14.7 Å². The number of hydrogen-bond acceptors (Lipinski definition) is 5. The van der Waals surface area contributed by atoms with Crippen LogP contribution in [0.25, 0.3) is 16.2 Å². The number of ether oxygens (including phenoxy) is 2. The minimum Gasteiger partial charge on any atom is -0.493 e. The number of carbonyl (C=O) groups is 1. The number of nitrogens with zero attached hydrogens (tertiary/aromatic N) is 2. The highest BCUT2D eigenvalue weighted by Gasteiger charge is 2.14. The molecule has 0 saturated heterocycles. The highest BCUT2D eigenvalue weighted by atomic mass is 35.5. The fourth-order valence-electron chi connectivity index (χ4n) is 3.32. The number of rotatable bonds is 8. The van der Waals surface area contributed by atoms with Gasteiger partial charge in [0, 0.05) is 34.4 Å². The zero-order valence-electron chi connectivity index (χ0n) is 17.2. The first-order chi connectivity index (χ1) is 15.1. The van der Waals surface area contributed by atoms with Gasteiger partial charge in [-0.2, -0.15) is 0 Å². The van der Waals surface area contributed by atoms with E-state index < -0.39 is 0 Å². The predicted molar refractivity (Wildman–Crippen MR) is 123 cm³/mol. The fraction of sp³-hybridized carbons (Fsp3) is 0.217. The van der Waals surface area contributed by atoms with Gasteiger partial charge in [-0.05, 0) is 42.3 Å². The Labute approximate surface area is 189 Å². The molecule has 0 unspecified atom stereocenters. The van der Waals surface area contributed by atoms with Crippen molar-refractivity contribution in [3.8, 4) is 22.8 Å². The molecular formula is C23H22ClN3O3S. The van der Waals surface area contributed by atoms with E-state index in [0.29, 0.717) is 29.5 Å². The third kappa shape index (κ3) is 4.84. The van der Waals surface area contributed by atoms with Crippen molar-refractivity contribution in [2.24, 2.45) is 0 Å². The maximum atomic E-state index is 12.4. The number of hydrogen-bond donors (Lipinski definition) is 1. The van der Waals surface area contributed by atoms with E-state index in [-0.39, 0.29) is 5.91 Å². The van der Waals surface area contributed by atoms with Gasteiger partial charge in [-0.1, -0.05) is 23.7 Å². The highest BCUT2D eigenvalue weighted by Crippen LogP contribution is 2.32. The molecule has 2 aromatic carbocycles. The Balaban J connectivity index is 1.42. The lowest BCUT2D eigenvalue weighted by atomic mass is 10.1. The van der Waals surface area contributed by atoms with Crippen LogP contribution >= 0.6 is 22.9 Å². The summed E-state index contributed by atoms with van der Waals surface area (Å²) in [5, 5.41) is 5.67. The molecule has 0 bridgehead atoms. The maximum Gasteiger partial charge on any atom is 0.225 e. The van der Waals surface area contributed by atoms with Crippen LogP contribution in [-0.4, -0.2) is 36.1 Å². The van der Waals surface area contributed by atoms with E-state index >= 15 is 0 Å². The van der Waals surface area contributed by atoms with Crippen molar-refractivity contribution in [3.63, 3.8) is 0 Å². The summed E-state index contributed by atoms with van der Waals surface area (Å²) in [6.45, 7) is 0.578. The number of nitrogens with one attached hydrogen (secondary N) is 1. The second-order valence-corrected chi connectivity index (χ2v) is 8.25. The second kappa shape index (κ2) is 9.41. The number of aromatic nitrogens is 2. The van der Waals surface area contributed by atoms with E-state index in [1.807, 2.05) is 58.4 Å². The summed E-state index contributed by atoms with van der Waals surface area (Å²) >= 11 is 7.42. The quantitative estimate of drug-likeness (QED) is 0.420.